The Labute approximate surface area is 189 Å². The van der Waals surface area contributed by atoms with Gasteiger partial charge in [0.05, 0.1) is 43.2 Å². The van der Waals surface area contributed by atoms with Gasteiger partial charge in [-0.15, -0.1) is 0 Å². The Morgan fingerprint density at radius 1 is 0.875 bits per heavy atom. The fourth-order valence-corrected chi connectivity index (χ4v) is 4.44. The van der Waals surface area contributed by atoms with E-state index in [9.17, 15) is 14.5 Å². The first-order valence-electron chi connectivity index (χ1n) is 11.7. The van der Waals surface area contributed by atoms with E-state index in [1.54, 1.807) is 0 Å². The van der Waals surface area contributed by atoms with E-state index in [0.29, 0.717) is 43.0 Å². The van der Waals surface area contributed by atoms with Crippen molar-refractivity contribution >= 4 is 13.8 Å². The lowest BCUT2D eigenvalue weighted by Gasteiger charge is -2.12. The standard InChI is InChI=1S/C21H37O10P/c1-2-15-17(29-15)10-19-20(31-19)11-18-16(30-18)8-6-4-3-5-7-9-21(23)27-12-14(22)13-28-32(24,25)26/h14-20,22H,2-13H2,1H3,(H2,24,25,26). The van der Waals surface area contributed by atoms with Gasteiger partial charge in [0, 0.05) is 19.3 Å². The predicted molar refractivity (Wildman–Crippen MR) is 113 cm³/mol. The molecule has 3 rings (SSSR count). The Kier molecular flexibility index (Phi) is 9.94. The molecule has 11 heteroatoms. The van der Waals surface area contributed by atoms with Crippen LogP contribution in [0.4, 0.5) is 0 Å². The van der Waals surface area contributed by atoms with Gasteiger partial charge in [0.1, 0.15) is 12.7 Å². The topological polar surface area (TPSA) is 151 Å². The molecule has 0 spiro atoms. The second-order valence-corrected chi connectivity index (χ2v) is 10.2. The number of hydrogen-bond acceptors (Lipinski definition) is 8. The van der Waals surface area contributed by atoms with Gasteiger partial charge in [-0.05, 0) is 19.3 Å². The van der Waals surface area contributed by atoms with Crippen molar-refractivity contribution in [2.75, 3.05) is 13.2 Å². The van der Waals surface area contributed by atoms with Crippen LogP contribution in [0.5, 0.6) is 0 Å². The molecule has 0 saturated carbocycles. The van der Waals surface area contributed by atoms with Gasteiger partial charge in [0.15, 0.2) is 0 Å². The van der Waals surface area contributed by atoms with E-state index in [1.807, 2.05) is 0 Å². The molecule has 3 aliphatic heterocycles. The third-order valence-corrected chi connectivity index (χ3v) is 6.62. The van der Waals surface area contributed by atoms with Crippen LogP contribution in [0.1, 0.15) is 71.1 Å². The fraction of sp³-hybridized carbons (Fsp3) is 0.952. The minimum Gasteiger partial charge on any atom is -0.463 e. The molecule has 3 aliphatic rings. The summed E-state index contributed by atoms with van der Waals surface area (Å²) in [5, 5.41) is 9.45. The SMILES string of the molecule is CCC1OC1CC1OC1CC1OC1CCCCCCCC(=O)OCC(O)COP(=O)(O)O. The molecule has 3 heterocycles. The first kappa shape index (κ1) is 26.0. The fourth-order valence-electron chi connectivity index (χ4n) is 4.08. The number of ether oxygens (including phenoxy) is 4. The Morgan fingerprint density at radius 3 is 2.09 bits per heavy atom. The van der Waals surface area contributed by atoms with Crippen molar-refractivity contribution in [1.29, 1.82) is 0 Å². The number of rotatable bonds is 18. The quantitative estimate of drug-likeness (QED) is 0.115. The largest absolute Gasteiger partial charge is 0.469 e. The lowest BCUT2D eigenvalue weighted by Crippen LogP contribution is -2.23. The molecule has 0 bridgehead atoms. The van der Waals surface area contributed by atoms with E-state index in [1.165, 1.54) is 0 Å². The van der Waals surface area contributed by atoms with Crippen LogP contribution in [0.25, 0.3) is 0 Å². The van der Waals surface area contributed by atoms with Gasteiger partial charge in [0.2, 0.25) is 0 Å². The molecule has 0 aromatic heterocycles. The predicted octanol–water partition coefficient (Wildman–Crippen LogP) is 2.22. The van der Waals surface area contributed by atoms with Crippen molar-refractivity contribution in [3.8, 4) is 0 Å². The van der Waals surface area contributed by atoms with Crippen LogP contribution in [0.15, 0.2) is 0 Å². The lowest BCUT2D eigenvalue weighted by molar-refractivity contribution is -0.147. The number of unbranched alkanes of at least 4 members (excludes halogenated alkanes) is 4. The van der Waals surface area contributed by atoms with Gasteiger partial charge in [-0.25, -0.2) is 4.57 Å². The molecule has 7 atom stereocenters. The summed E-state index contributed by atoms with van der Waals surface area (Å²) in [5.41, 5.74) is 0. The molecule has 3 fully saturated rings. The van der Waals surface area contributed by atoms with Gasteiger partial charge in [0.25, 0.3) is 0 Å². The molecule has 0 amide bonds. The van der Waals surface area contributed by atoms with Crippen molar-refractivity contribution in [3.63, 3.8) is 0 Å². The first-order valence-corrected chi connectivity index (χ1v) is 13.3. The minimum atomic E-state index is -4.63. The molecule has 10 nitrogen and oxygen atoms in total. The smallest absolute Gasteiger partial charge is 0.463 e. The van der Waals surface area contributed by atoms with Crippen LogP contribution < -0.4 is 0 Å². The second kappa shape index (κ2) is 12.2. The molecular formula is C21H37O10P. The van der Waals surface area contributed by atoms with Gasteiger partial charge in [-0.1, -0.05) is 32.6 Å². The molecule has 0 aliphatic carbocycles. The zero-order valence-corrected chi connectivity index (χ0v) is 19.6. The maximum atomic E-state index is 11.6. The van der Waals surface area contributed by atoms with Crippen molar-refractivity contribution < 1.29 is 47.7 Å². The number of aliphatic hydroxyl groups is 1. The van der Waals surface area contributed by atoms with E-state index in [4.69, 9.17) is 28.7 Å². The Bertz CT molecular complexity index is 640. The zero-order valence-electron chi connectivity index (χ0n) is 18.7. The number of hydrogen-bond donors (Lipinski definition) is 3. The van der Waals surface area contributed by atoms with E-state index in [2.05, 4.69) is 11.4 Å². The Balaban J connectivity index is 1.07. The summed E-state index contributed by atoms with van der Waals surface area (Å²) in [4.78, 5) is 28.7. The summed E-state index contributed by atoms with van der Waals surface area (Å²) in [7, 11) is -4.63. The number of phosphoric acid groups is 1. The molecule has 3 saturated heterocycles. The number of epoxide rings is 3. The third-order valence-electron chi connectivity index (χ3n) is 6.14. The summed E-state index contributed by atoms with van der Waals surface area (Å²) in [6.07, 6.45) is 10.4. The van der Waals surface area contributed by atoms with Crippen LogP contribution in [0.3, 0.4) is 0 Å². The first-order chi connectivity index (χ1) is 15.2. The zero-order chi connectivity index (χ0) is 23.1. The molecule has 3 N–H and O–H groups in total. The van der Waals surface area contributed by atoms with Crippen LogP contribution in [-0.4, -0.2) is 76.8 Å². The molecule has 32 heavy (non-hydrogen) atoms. The average Bonchev–Trinajstić information content (AvgIpc) is 3.64. The van der Waals surface area contributed by atoms with Crippen LogP contribution in [0.2, 0.25) is 0 Å². The average molecular weight is 480 g/mol. The summed E-state index contributed by atoms with van der Waals surface area (Å²) in [6, 6.07) is 0. The summed E-state index contributed by atoms with van der Waals surface area (Å²) < 4.78 is 36.7. The number of carbonyl (C=O) groups excluding carboxylic acids is 1. The highest BCUT2D eigenvalue weighted by molar-refractivity contribution is 7.46. The van der Waals surface area contributed by atoms with E-state index < -0.39 is 26.5 Å². The molecular weight excluding hydrogens is 443 g/mol. The van der Waals surface area contributed by atoms with Crippen molar-refractivity contribution in [2.45, 2.75) is 114 Å². The molecule has 186 valence electrons. The molecule has 0 radical (unpaired) electrons. The highest BCUT2D eigenvalue weighted by atomic mass is 31.2. The molecule has 0 aromatic rings. The minimum absolute atomic E-state index is 0.257. The van der Waals surface area contributed by atoms with E-state index in [-0.39, 0.29) is 13.0 Å². The summed E-state index contributed by atoms with van der Waals surface area (Å²) >= 11 is 0. The normalized spacial score (nSPS) is 31.9. The maximum Gasteiger partial charge on any atom is 0.469 e. The number of carbonyl (C=O) groups is 1. The van der Waals surface area contributed by atoms with Gasteiger partial charge < -0.3 is 33.8 Å². The lowest BCUT2D eigenvalue weighted by atomic mass is 10.0. The number of esters is 1. The van der Waals surface area contributed by atoms with Gasteiger partial charge in [-0.3, -0.25) is 9.32 Å². The van der Waals surface area contributed by atoms with E-state index >= 15 is 0 Å². The summed E-state index contributed by atoms with van der Waals surface area (Å²) in [6.45, 7) is 1.22. The summed E-state index contributed by atoms with van der Waals surface area (Å²) in [5.74, 6) is -0.437. The van der Waals surface area contributed by atoms with Gasteiger partial charge >= 0.3 is 13.8 Å². The van der Waals surface area contributed by atoms with Gasteiger partial charge in [-0.2, -0.15) is 0 Å². The second-order valence-electron chi connectivity index (χ2n) is 8.95. The van der Waals surface area contributed by atoms with Crippen LogP contribution in [0, 0.1) is 0 Å². The molecule has 0 aromatic carbocycles. The highest BCUT2D eigenvalue weighted by Crippen LogP contribution is 2.42. The van der Waals surface area contributed by atoms with E-state index in [0.717, 1.165) is 51.4 Å². The maximum absolute atomic E-state index is 11.6. The van der Waals surface area contributed by atoms with Crippen molar-refractivity contribution in [3.05, 3.63) is 0 Å². The highest BCUT2D eigenvalue weighted by Gasteiger charge is 2.51. The number of phosphoric ester groups is 1. The Hall–Kier alpha value is -0.580. The number of aliphatic hydroxyl groups excluding tert-OH is 1. The molecule has 7 unspecified atom stereocenters. The monoisotopic (exact) mass is 480 g/mol. The van der Waals surface area contributed by atoms with Crippen LogP contribution >= 0.6 is 7.82 Å². The van der Waals surface area contributed by atoms with Crippen molar-refractivity contribution in [1.82, 2.24) is 0 Å². The van der Waals surface area contributed by atoms with Crippen LogP contribution in [-0.2, 0) is 32.8 Å². The van der Waals surface area contributed by atoms with Crippen molar-refractivity contribution in [2.24, 2.45) is 0 Å². The Morgan fingerprint density at radius 2 is 1.44 bits per heavy atom. The third kappa shape index (κ3) is 10.1.